The van der Waals surface area contributed by atoms with Crippen LogP contribution >= 0.6 is 35.6 Å². The summed E-state index contributed by atoms with van der Waals surface area (Å²) >= 11 is 6.32. The predicted molar refractivity (Wildman–Crippen MR) is 123 cm³/mol. The molecular formula is C20H23ClF2IN3O3. The molecular weight excluding hydrogens is 531 g/mol. The van der Waals surface area contributed by atoms with Crippen LogP contribution in [0.1, 0.15) is 17.5 Å². The summed E-state index contributed by atoms with van der Waals surface area (Å²) in [6.07, 6.45) is 0.798. The van der Waals surface area contributed by atoms with Gasteiger partial charge in [0.05, 0.1) is 18.2 Å². The average Bonchev–Trinajstić information content (AvgIpc) is 2.95. The summed E-state index contributed by atoms with van der Waals surface area (Å²) < 4.78 is 41.0. The van der Waals surface area contributed by atoms with Crippen LogP contribution in [0.5, 0.6) is 17.2 Å². The van der Waals surface area contributed by atoms with Gasteiger partial charge in [-0.2, -0.15) is 8.78 Å². The Labute approximate surface area is 196 Å². The lowest BCUT2D eigenvalue weighted by Crippen LogP contribution is -2.36. The minimum Gasteiger partial charge on any atom is -0.489 e. The molecule has 0 amide bonds. The van der Waals surface area contributed by atoms with Gasteiger partial charge in [0.25, 0.3) is 0 Å². The van der Waals surface area contributed by atoms with Crippen LogP contribution in [0.15, 0.2) is 41.4 Å². The van der Waals surface area contributed by atoms with Gasteiger partial charge in [-0.15, -0.1) is 24.0 Å². The van der Waals surface area contributed by atoms with Gasteiger partial charge >= 0.3 is 6.61 Å². The molecule has 0 unspecified atom stereocenters. The number of aliphatic imine (C=N–C) groups is 1. The number of alkyl halides is 2. The van der Waals surface area contributed by atoms with E-state index in [4.69, 9.17) is 21.1 Å². The van der Waals surface area contributed by atoms with E-state index in [9.17, 15) is 8.78 Å². The quantitative estimate of drug-likeness (QED) is 0.311. The van der Waals surface area contributed by atoms with Crippen LogP contribution in [0, 0.1) is 0 Å². The Kier molecular flexibility index (Phi) is 9.70. The lowest BCUT2D eigenvalue weighted by molar-refractivity contribution is -0.0504. The molecule has 6 nitrogen and oxygen atoms in total. The summed E-state index contributed by atoms with van der Waals surface area (Å²) in [5.74, 6) is 1.80. The van der Waals surface area contributed by atoms with Crippen molar-refractivity contribution in [3.05, 3.63) is 52.5 Å². The fraction of sp³-hybridized carbons (Fsp3) is 0.350. The molecule has 0 fully saturated rings. The fourth-order valence-corrected chi connectivity index (χ4v) is 3.12. The van der Waals surface area contributed by atoms with Crippen LogP contribution in [0.4, 0.5) is 8.78 Å². The van der Waals surface area contributed by atoms with Gasteiger partial charge in [0.15, 0.2) is 17.5 Å². The van der Waals surface area contributed by atoms with Crippen LogP contribution < -0.4 is 24.8 Å². The summed E-state index contributed by atoms with van der Waals surface area (Å²) in [5, 5.41) is 6.73. The first-order chi connectivity index (χ1) is 14.1. The average molecular weight is 554 g/mol. The number of nitrogens with zero attached hydrogens (tertiary/aromatic N) is 1. The van der Waals surface area contributed by atoms with Gasteiger partial charge in [-0.25, -0.2) is 0 Å². The lowest BCUT2D eigenvalue weighted by Gasteiger charge is -2.15. The minimum absolute atomic E-state index is 0. The highest BCUT2D eigenvalue weighted by atomic mass is 127. The van der Waals surface area contributed by atoms with Crippen molar-refractivity contribution in [1.82, 2.24) is 10.6 Å². The Balaban J connectivity index is 0.00000320. The van der Waals surface area contributed by atoms with Crippen LogP contribution in [-0.4, -0.2) is 32.8 Å². The molecule has 0 saturated carbocycles. The highest BCUT2D eigenvalue weighted by molar-refractivity contribution is 14.0. The van der Waals surface area contributed by atoms with Gasteiger partial charge in [-0.3, -0.25) is 4.99 Å². The molecule has 0 saturated heterocycles. The van der Waals surface area contributed by atoms with Crippen molar-refractivity contribution >= 4 is 41.5 Å². The zero-order valence-electron chi connectivity index (χ0n) is 16.3. The molecule has 2 aromatic carbocycles. The summed E-state index contributed by atoms with van der Waals surface area (Å²) in [5.41, 5.74) is 1.48. The molecule has 10 heteroatoms. The third kappa shape index (κ3) is 6.76. The first kappa shape index (κ1) is 24.3. The summed E-state index contributed by atoms with van der Waals surface area (Å²) in [7, 11) is 1.62. The number of rotatable bonds is 6. The van der Waals surface area contributed by atoms with Crippen LogP contribution in [0.2, 0.25) is 5.02 Å². The maximum atomic E-state index is 12.5. The summed E-state index contributed by atoms with van der Waals surface area (Å²) in [6, 6.07) is 10.3. The second kappa shape index (κ2) is 12.0. The number of nitrogens with one attached hydrogen (secondary N) is 2. The summed E-state index contributed by atoms with van der Waals surface area (Å²) in [6.45, 7) is -1.03. The maximum Gasteiger partial charge on any atom is 0.387 e. The van der Waals surface area contributed by atoms with Crippen molar-refractivity contribution < 1.29 is 23.0 Å². The largest absolute Gasteiger partial charge is 0.489 e. The van der Waals surface area contributed by atoms with Gasteiger partial charge in [-0.1, -0.05) is 29.8 Å². The van der Waals surface area contributed by atoms with Gasteiger partial charge in [0.2, 0.25) is 0 Å². The number of ether oxygens (including phenoxy) is 3. The molecule has 0 bridgehead atoms. The second-order valence-corrected chi connectivity index (χ2v) is 6.63. The SMILES string of the molecule is CN=C(NCc1cc(Cl)c2c(c1)OCCCO2)NCc1ccccc1OC(F)F.I. The molecule has 30 heavy (non-hydrogen) atoms. The third-order valence-corrected chi connectivity index (χ3v) is 4.46. The number of guanidine groups is 1. The maximum absolute atomic E-state index is 12.5. The molecule has 1 heterocycles. The van der Waals surface area contributed by atoms with Crippen molar-refractivity contribution in [2.24, 2.45) is 4.99 Å². The van der Waals surface area contributed by atoms with E-state index in [1.807, 2.05) is 6.07 Å². The first-order valence-corrected chi connectivity index (χ1v) is 9.50. The molecule has 2 aromatic rings. The highest BCUT2D eigenvalue weighted by Crippen LogP contribution is 2.37. The molecule has 164 valence electrons. The molecule has 0 aliphatic carbocycles. The van der Waals surface area contributed by atoms with E-state index >= 15 is 0 Å². The second-order valence-electron chi connectivity index (χ2n) is 6.22. The van der Waals surface area contributed by atoms with Crippen molar-refractivity contribution in [2.45, 2.75) is 26.1 Å². The lowest BCUT2D eigenvalue weighted by atomic mass is 10.2. The van der Waals surface area contributed by atoms with E-state index in [-0.39, 0.29) is 36.3 Å². The van der Waals surface area contributed by atoms with Crippen LogP contribution in [-0.2, 0) is 13.1 Å². The molecule has 0 aromatic heterocycles. The van der Waals surface area contributed by atoms with E-state index in [2.05, 4.69) is 20.4 Å². The smallest absolute Gasteiger partial charge is 0.387 e. The highest BCUT2D eigenvalue weighted by Gasteiger charge is 2.16. The van der Waals surface area contributed by atoms with Crippen molar-refractivity contribution in [1.29, 1.82) is 0 Å². The summed E-state index contributed by atoms with van der Waals surface area (Å²) in [4.78, 5) is 4.15. The Morgan fingerprint density at radius 3 is 2.67 bits per heavy atom. The van der Waals surface area contributed by atoms with Crippen LogP contribution in [0.3, 0.4) is 0 Å². The predicted octanol–water partition coefficient (Wildman–Crippen LogP) is 4.59. The topological polar surface area (TPSA) is 64.1 Å². The molecule has 2 N–H and O–H groups in total. The monoisotopic (exact) mass is 553 g/mol. The Bertz CT molecular complexity index is 871. The van der Waals surface area contributed by atoms with E-state index < -0.39 is 6.61 Å². The Morgan fingerprint density at radius 1 is 1.17 bits per heavy atom. The standard InChI is InChI=1S/C20H22ClF2N3O3.HI/c1-24-20(26-12-14-5-2-3-6-16(14)29-19(22)23)25-11-13-9-15(21)18-17(10-13)27-7-4-8-28-18;/h2-3,5-6,9-10,19H,4,7-8,11-12H2,1H3,(H2,24,25,26);1H. The number of halogens is 4. The van der Waals surface area contributed by atoms with E-state index in [0.29, 0.717) is 47.8 Å². The Morgan fingerprint density at radius 2 is 1.90 bits per heavy atom. The molecule has 1 aliphatic heterocycles. The van der Waals surface area contributed by atoms with Gasteiger partial charge in [-0.05, 0) is 23.8 Å². The molecule has 0 radical (unpaired) electrons. The Hall–Kier alpha value is -2.01. The normalized spacial score (nSPS) is 13.3. The van der Waals surface area contributed by atoms with E-state index in [0.717, 1.165) is 12.0 Å². The number of para-hydroxylation sites is 1. The number of fused-ring (bicyclic) bond motifs is 1. The van der Waals surface area contributed by atoms with E-state index in [1.165, 1.54) is 6.07 Å². The minimum atomic E-state index is -2.88. The molecule has 1 aliphatic rings. The van der Waals surface area contributed by atoms with Gasteiger partial charge in [0.1, 0.15) is 5.75 Å². The van der Waals surface area contributed by atoms with Crippen LogP contribution in [0.25, 0.3) is 0 Å². The van der Waals surface area contributed by atoms with Gasteiger partial charge < -0.3 is 24.8 Å². The zero-order valence-corrected chi connectivity index (χ0v) is 19.4. The van der Waals surface area contributed by atoms with Gasteiger partial charge in [0, 0.05) is 32.1 Å². The molecule has 0 spiro atoms. The van der Waals surface area contributed by atoms with Crippen molar-refractivity contribution in [3.8, 4) is 17.2 Å². The first-order valence-electron chi connectivity index (χ1n) is 9.12. The van der Waals surface area contributed by atoms with E-state index in [1.54, 1.807) is 31.3 Å². The molecule has 0 atom stereocenters. The molecule has 3 rings (SSSR count). The number of hydrogen-bond donors (Lipinski definition) is 2. The van der Waals surface area contributed by atoms with Crippen molar-refractivity contribution in [2.75, 3.05) is 20.3 Å². The number of benzene rings is 2. The number of hydrogen-bond acceptors (Lipinski definition) is 4. The third-order valence-electron chi connectivity index (χ3n) is 4.18. The van der Waals surface area contributed by atoms with Crippen molar-refractivity contribution in [3.63, 3.8) is 0 Å². The zero-order chi connectivity index (χ0) is 20.6. The fourth-order valence-electron chi connectivity index (χ4n) is 2.83.